The van der Waals surface area contributed by atoms with Crippen LogP contribution in [0.5, 0.6) is 0 Å². The van der Waals surface area contributed by atoms with Gasteiger partial charge in [-0.3, -0.25) is 9.78 Å². The summed E-state index contributed by atoms with van der Waals surface area (Å²) in [6.45, 7) is 1.90. The Hall–Kier alpha value is -2.07. The minimum absolute atomic E-state index is 0.131. The maximum atomic E-state index is 12.1. The molecule has 0 spiro atoms. The van der Waals surface area contributed by atoms with E-state index in [-0.39, 0.29) is 17.0 Å². The zero-order valence-corrected chi connectivity index (χ0v) is 11.2. The molecule has 2 rings (SSSR count). The van der Waals surface area contributed by atoms with E-state index in [0.717, 1.165) is 5.56 Å². The number of rotatable bonds is 3. The van der Waals surface area contributed by atoms with Gasteiger partial charge in [0.1, 0.15) is 0 Å². The van der Waals surface area contributed by atoms with Crippen LogP contribution >= 0.6 is 11.6 Å². The van der Waals surface area contributed by atoms with Crippen LogP contribution in [0.25, 0.3) is 0 Å². The smallest absolute Gasteiger partial charge is 0.253 e. The van der Waals surface area contributed by atoms with Gasteiger partial charge in [0, 0.05) is 12.4 Å². The quantitative estimate of drug-likeness (QED) is 0.847. The Labute approximate surface area is 116 Å². The number of halogens is 1. The van der Waals surface area contributed by atoms with Crippen LogP contribution in [0.2, 0.25) is 5.02 Å². The van der Waals surface area contributed by atoms with Gasteiger partial charge in [-0.05, 0) is 36.8 Å². The van der Waals surface area contributed by atoms with Crippen molar-refractivity contribution in [1.29, 1.82) is 0 Å². The van der Waals surface area contributed by atoms with Crippen molar-refractivity contribution in [3.63, 3.8) is 0 Å². The van der Waals surface area contributed by atoms with E-state index in [1.54, 1.807) is 30.6 Å². The van der Waals surface area contributed by atoms with Crippen LogP contribution in [0, 0.1) is 0 Å². The molecule has 2 aromatic rings. The number of nitrogens with one attached hydrogen (secondary N) is 1. The summed E-state index contributed by atoms with van der Waals surface area (Å²) in [5, 5.41) is 3.15. The molecule has 0 saturated carbocycles. The molecule has 0 radical (unpaired) electrons. The molecule has 1 heterocycles. The highest BCUT2D eigenvalue weighted by atomic mass is 35.5. The largest absolute Gasteiger partial charge is 0.398 e. The Morgan fingerprint density at radius 2 is 2.00 bits per heavy atom. The van der Waals surface area contributed by atoms with E-state index in [0.29, 0.717) is 11.3 Å². The highest BCUT2D eigenvalue weighted by Crippen LogP contribution is 2.23. The summed E-state index contributed by atoms with van der Waals surface area (Å²) in [6.07, 6.45) is 3.37. The van der Waals surface area contributed by atoms with Gasteiger partial charge in [-0.2, -0.15) is 0 Å². The maximum Gasteiger partial charge on any atom is 0.253 e. The zero-order chi connectivity index (χ0) is 13.8. The molecule has 1 aromatic heterocycles. The molecule has 0 aliphatic rings. The average molecular weight is 276 g/mol. The number of nitrogens with zero attached hydrogens (tertiary/aromatic N) is 1. The topological polar surface area (TPSA) is 68.0 Å². The fraction of sp³-hybridized carbons (Fsp3) is 0.143. The third kappa shape index (κ3) is 3.03. The molecule has 0 saturated heterocycles. The van der Waals surface area contributed by atoms with Crippen LogP contribution < -0.4 is 11.1 Å². The number of carbonyl (C=O) groups excluding carboxylic acids is 1. The van der Waals surface area contributed by atoms with Crippen LogP contribution in [0.15, 0.2) is 42.7 Å². The highest BCUT2D eigenvalue weighted by Gasteiger charge is 2.15. The molecule has 1 amide bonds. The monoisotopic (exact) mass is 275 g/mol. The summed E-state index contributed by atoms with van der Waals surface area (Å²) < 4.78 is 0. The number of carbonyl (C=O) groups is 1. The Kier molecular flexibility index (Phi) is 4.02. The zero-order valence-electron chi connectivity index (χ0n) is 10.4. The number of benzene rings is 1. The first-order valence-electron chi connectivity index (χ1n) is 5.84. The number of hydrogen-bond acceptors (Lipinski definition) is 3. The number of aromatic nitrogens is 1. The van der Waals surface area contributed by atoms with Crippen molar-refractivity contribution in [1.82, 2.24) is 10.3 Å². The third-order valence-electron chi connectivity index (χ3n) is 2.83. The van der Waals surface area contributed by atoms with Gasteiger partial charge in [-0.1, -0.05) is 17.7 Å². The number of nitrogens with two attached hydrogens (primary N) is 1. The number of pyridine rings is 1. The minimum atomic E-state index is -0.249. The number of nitrogen functional groups attached to an aromatic ring is 1. The van der Waals surface area contributed by atoms with Gasteiger partial charge in [-0.25, -0.2) is 0 Å². The number of hydrogen-bond donors (Lipinski definition) is 2. The van der Waals surface area contributed by atoms with Gasteiger partial charge < -0.3 is 11.1 Å². The molecule has 4 nitrogen and oxygen atoms in total. The van der Waals surface area contributed by atoms with Gasteiger partial charge in [-0.15, -0.1) is 0 Å². The Morgan fingerprint density at radius 3 is 2.68 bits per heavy atom. The molecular formula is C14H14ClN3O. The van der Waals surface area contributed by atoms with Gasteiger partial charge in [0.2, 0.25) is 0 Å². The van der Waals surface area contributed by atoms with Crippen molar-refractivity contribution in [2.75, 3.05) is 5.73 Å². The second-order valence-electron chi connectivity index (χ2n) is 4.18. The lowest BCUT2D eigenvalue weighted by Gasteiger charge is -2.15. The van der Waals surface area contributed by atoms with Crippen molar-refractivity contribution in [3.05, 3.63) is 58.9 Å². The molecule has 0 aliphatic carbocycles. The summed E-state index contributed by atoms with van der Waals surface area (Å²) >= 11 is 6.02. The summed E-state index contributed by atoms with van der Waals surface area (Å²) in [5.41, 5.74) is 7.43. The van der Waals surface area contributed by atoms with E-state index in [1.165, 1.54) is 0 Å². The molecule has 5 heteroatoms. The normalized spacial score (nSPS) is 11.9. The first-order chi connectivity index (χ1) is 9.09. The average Bonchev–Trinajstić information content (AvgIpc) is 2.42. The molecule has 1 aromatic carbocycles. The summed E-state index contributed by atoms with van der Waals surface area (Å²) in [4.78, 5) is 16.1. The number of anilines is 1. The van der Waals surface area contributed by atoms with Crippen molar-refractivity contribution in [2.24, 2.45) is 0 Å². The maximum absolute atomic E-state index is 12.1. The van der Waals surface area contributed by atoms with Crippen molar-refractivity contribution < 1.29 is 4.79 Å². The summed E-state index contributed by atoms with van der Waals surface area (Å²) in [7, 11) is 0. The molecule has 0 bridgehead atoms. The lowest BCUT2D eigenvalue weighted by atomic mass is 10.1. The van der Waals surface area contributed by atoms with Crippen molar-refractivity contribution >= 4 is 23.2 Å². The fourth-order valence-corrected chi connectivity index (χ4v) is 1.95. The Balaban J connectivity index is 2.16. The lowest BCUT2D eigenvalue weighted by molar-refractivity contribution is 0.0940. The van der Waals surface area contributed by atoms with E-state index >= 15 is 0 Å². The lowest BCUT2D eigenvalue weighted by Crippen LogP contribution is -2.27. The minimum Gasteiger partial charge on any atom is -0.398 e. The third-order valence-corrected chi connectivity index (χ3v) is 3.25. The van der Waals surface area contributed by atoms with Crippen LogP contribution in [0.3, 0.4) is 0 Å². The van der Waals surface area contributed by atoms with Crippen molar-refractivity contribution in [2.45, 2.75) is 13.0 Å². The molecule has 1 unspecified atom stereocenters. The Bertz CT molecular complexity index is 586. The fourth-order valence-electron chi connectivity index (χ4n) is 1.74. The second-order valence-corrected chi connectivity index (χ2v) is 4.56. The van der Waals surface area contributed by atoms with Crippen LogP contribution in [0.1, 0.15) is 28.9 Å². The standard InChI is InChI=1S/C14H14ClN3O/c1-9(10-5-7-17-8-6-10)18-14(19)11-3-2-4-12(16)13(11)15/h2-9H,16H2,1H3,(H,18,19). The summed E-state index contributed by atoms with van der Waals surface area (Å²) in [6, 6.07) is 8.58. The van der Waals surface area contributed by atoms with Gasteiger partial charge in [0.25, 0.3) is 5.91 Å². The van der Waals surface area contributed by atoms with E-state index < -0.39 is 0 Å². The first kappa shape index (κ1) is 13.4. The van der Waals surface area contributed by atoms with Gasteiger partial charge in [0.15, 0.2) is 0 Å². The van der Waals surface area contributed by atoms with E-state index in [9.17, 15) is 4.79 Å². The molecule has 19 heavy (non-hydrogen) atoms. The first-order valence-corrected chi connectivity index (χ1v) is 6.22. The van der Waals surface area contributed by atoms with Gasteiger partial charge >= 0.3 is 0 Å². The van der Waals surface area contributed by atoms with E-state index in [1.807, 2.05) is 19.1 Å². The van der Waals surface area contributed by atoms with E-state index in [2.05, 4.69) is 10.3 Å². The molecule has 98 valence electrons. The molecule has 1 atom stereocenters. The molecule has 0 aliphatic heterocycles. The predicted molar refractivity (Wildman–Crippen MR) is 76.0 cm³/mol. The van der Waals surface area contributed by atoms with Crippen LogP contribution in [-0.4, -0.2) is 10.9 Å². The molecule has 3 N–H and O–H groups in total. The van der Waals surface area contributed by atoms with Crippen LogP contribution in [-0.2, 0) is 0 Å². The van der Waals surface area contributed by atoms with Crippen LogP contribution in [0.4, 0.5) is 5.69 Å². The van der Waals surface area contributed by atoms with Crippen molar-refractivity contribution in [3.8, 4) is 0 Å². The summed E-state index contributed by atoms with van der Waals surface area (Å²) in [5.74, 6) is -0.249. The predicted octanol–water partition coefficient (Wildman–Crippen LogP) is 2.81. The van der Waals surface area contributed by atoms with Gasteiger partial charge in [0.05, 0.1) is 22.3 Å². The highest BCUT2D eigenvalue weighted by molar-refractivity contribution is 6.36. The SMILES string of the molecule is CC(NC(=O)c1cccc(N)c1Cl)c1ccncc1. The van der Waals surface area contributed by atoms with E-state index in [4.69, 9.17) is 17.3 Å². The second kappa shape index (κ2) is 5.71. The molecular weight excluding hydrogens is 262 g/mol. The Morgan fingerprint density at radius 1 is 1.32 bits per heavy atom. The molecule has 0 fully saturated rings. The number of amides is 1.